The molecular weight excluding hydrogens is 603 g/mol. The monoisotopic (exact) mass is 603 g/mol. The summed E-state index contributed by atoms with van der Waals surface area (Å²) < 4.78 is 236. The fourth-order valence-corrected chi connectivity index (χ4v) is 10.5. The van der Waals surface area contributed by atoms with Crippen LogP contribution in [-0.2, 0) is 49.6 Å². The molecule has 0 heterocycles. The molecule has 0 radical (unpaired) electrons. The largest absolute Gasteiger partial charge is 0.480 e. The molecule has 0 aliphatic rings. The SMILES string of the molecule is O=S(=O)([N-]S(=O)(=O)C(F)(F)S(=O)(=O)[C-](S(=O)(=O)C(F)(F)F)S(=O)(=O)C(F)(F)F)C(F)(F)F. The van der Waals surface area contributed by atoms with Crippen molar-refractivity contribution in [3.63, 3.8) is 0 Å². The average Bonchev–Trinajstić information content (AvgIpc) is 2.40. The number of sulfonamides is 2. The summed E-state index contributed by atoms with van der Waals surface area (Å²) >= 11 is 0. The van der Waals surface area contributed by atoms with Gasteiger partial charge in [0, 0.05) is 0 Å². The molecule has 0 saturated heterocycles. The van der Waals surface area contributed by atoms with Gasteiger partial charge in [-0.15, -0.1) is 0 Å². The Morgan fingerprint density at radius 1 is 0.438 bits per heavy atom. The van der Waals surface area contributed by atoms with Crippen LogP contribution in [0.3, 0.4) is 0 Å². The van der Waals surface area contributed by atoms with Gasteiger partial charge in [-0.25, -0.2) is 16.8 Å². The Kier molecular flexibility index (Phi) is 7.48. The molecule has 0 unspecified atom stereocenters. The first kappa shape index (κ1) is 30.9. The van der Waals surface area contributed by atoms with Gasteiger partial charge < -0.3 is 4.13 Å². The van der Waals surface area contributed by atoms with E-state index >= 15 is 0 Å². The van der Waals surface area contributed by atoms with E-state index in [-0.39, 0.29) is 0 Å². The van der Waals surface area contributed by atoms with Crippen LogP contribution in [0.2, 0.25) is 0 Å². The van der Waals surface area contributed by atoms with Crippen molar-refractivity contribution >= 4 is 49.6 Å². The normalized spacial score (nSPS) is 16.4. The Balaban J connectivity index is 7.44. The van der Waals surface area contributed by atoms with Gasteiger partial charge in [0.15, 0.2) is 39.7 Å². The zero-order valence-corrected chi connectivity index (χ0v) is 17.3. The summed E-state index contributed by atoms with van der Waals surface area (Å²) in [6.07, 6.45) is 0. The van der Waals surface area contributed by atoms with Crippen LogP contribution >= 0.6 is 0 Å². The molecule has 0 rings (SSSR count). The highest BCUT2D eigenvalue weighted by atomic mass is 32.3. The molecule has 0 bridgehead atoms. The van der Waals surface area contributed by atoms with Gasteiger partial charge in [0.25, 0.3) is 0 Å². The third kappa shape index (κ3) is 4.89. The Morgan fingerprint density at radius 3 is 0.938 bits per heavy atom. The van der Waals surface area contributed by atoms with Crippen molar-refractivity contribution in [2.24, 2.45) is 0 Å². The number of alkyl halides is 11. The Morgan fingerprint density at radius 2 is 0.719 bits per heavy atom. The van der Waals surface area contributed by atoms with Crippen LogP contribution in [-0.4, -0.2) is 63.2 Å². The minimum absolute atomic E-state index is 0.346. The van der Waals surface area contributed by atoms with Crippen molar-refractivity contribution < 1.29 is 90.4 Å². The van der Waals surface area contributed by atoms with E-state index in [0.717, 1.165) is 0 Å². The summed E-state index contributed by atoms with van der Waals surface area (Å²) in [6, 6.07) is 0. The predicted molar refractivity (Wildman–Crippen MR) is 74.3 cm³/mol. The third-order valence-electron chi connectivity index (χ3n) is 2.37. The quantitative estimate of drug-likeness (QED) is 0.298. The molecule has 0 aromatic heterocycles. The van der Waals surface area contributed by atoms with E-state index in [1.807, 2.05) is 0 Å². The first-order valence-corrected chi connectivity index (χ1v) is 13.1. The number of hydrogen-bond donors (Lipinski definition) is 0. The van der Waals surface area contributed by atoms with Crippen molar-refractivity contribution in [1.29, 1.82) is 0 Å². The number of halogens is 11. The average molecular weight is 603 g/mol. The second-order valence-electron chi connectivity index (χ2n) is 4.59. The molecule has 0 saturated carbocycles. The lowest BCUT2D eigenvalue weighted by Crippen LogP contribution is -2.50. The molecule has 0 spiro atoms. The molecule has 194 valence electrons. The molecule has 32 heavy (non-hydrogen) atoms. The number of rotatable bonds is 7. The van der Waals surface area contributed by atoms with Gasteiger partial charge in [-0.05, 0) is 0 Å². The molecule has 0 N–H and O–H groups in total. The molecule has 11 nitrogen and oxygen atoms in total. The highest BCUT2D eigenvalue weighted by molar-refractivity contribution is 8.33. The lowest BCUT2D eigenvalue weighted by atomic mass is 11.5. The fourth-order valence-electron chi connectivity index (χ4n) is 1.07. The smallest absolute Gasteiger partial charge is 0.422 e. The maximum absolute atomic E-state index is 13.8. The van der Waals surface area contributed by atoms with Gasteiger partial charge in [-0.2, -0.15) is 48.3 Å². The van der Waals surface area contributed by atoms with Gasteiger partial charge in [-0.3, -0.25) is 25.3 Å². The minimum Gasteiger partial charge on any atom is -0.422 e. The Bertz CT molecular complexity index is 1240. The summed E-state index contributed by atoms with van der Waals surface area (Å²) in [7, 11) is -42.1. The van der Waals surface area contributed by atoms with E-state index in [2.05, 4.69) is 0 Å². The zero-order valence-electron chi connectivity index (χ0n) is 13.2. The second kappa shape index (κ2) is 7.73. The van der Waals surface area contributed by atoms with Crippen LogP contribution in [0.25, 0.3) is 4.13 Å². The molecule has 0 atom stereocenters. The maximum Gasteiger partial charge on any atom is 0.480 e. The highest BCUT2D eigenvalue weighted by Crippen LogP contribution is 2.50. The number of nitrogens with zero attached hydrogens (tertiary/aromatic N) is 1. The van der Waals surface area contributed by atoms with Crippen LogP contribution in [0.15, 0.2) is 0 Å². The minimum atomic E-state index is -8.90. The topological polar surface area (TPSA) is 185 Å². The number of sulfone groups is 3. The molecule has 27 heteroatoms. The summed E-state index contributed by atoms with van der Waals surface area (Å²) in [4.78, 5) is 0. The summed E-state index contributed by atoms with van der Waals surface area (Å²) in [5, 5.41) is 0. The van der Waals surface area contributed by atoms with Crippen LogP contribution in [0.5, 0.6) is 0 Å². The molecule has 0 aromatic rings. The van der Waals surface area contributed by atoms with Crippen LogP contribution in [0, 0.1) is 3.91 Å². The zero-order chi connectivity index (χ0) is 26.8. The van der Waals surface area contributed by atoms with E-state index in [1.165, 1.54) is 0 Å². The Hall–Kier alpha value is -1.06. The van der Waals surface area contributed by atoms with E-state index in [1.54, 1.807) is 0 Å². The van der Waals surface area contributed by atoms with E-state index in [0.29, 0.717) is 4.13 Å². The number of hydrogen-bond acceptors (Lipinski definition) is 10. The molecule has 0 aliphatic heterocycles. The molecule has 0 amide bonds. The molecular formula is C5F11NO10S5-2. The first-order valence-electron chi connectivity index (χ1n) is 5.74. The van der Waals surface area contributed by atoms with Gasteiger partial charge in [0.1, 0.15) is 9.84 Å². The molecule has 0 fully saturated rings. The molecule has 0 aliphatic carbocycles. The highest BCUT2D eigenvalue weighted by Gasteiger charge is 2.65. The van der Waals surface area contributed by atoms with Crippen molar-refractivity contribution in [2.45, 2.75) is 21.1 Å². The van der Waals surface area contributed by atoms with E-state index in [9.17, 15) is 90.4 Å². The third-order valence-corrected chi connectivity index (χ3v) is 13.5. The van der Waals surface area contributed by atoms with Crippen molar-refractivity contribution in [1.82, 2.24) is 0 Å². The van der Waals surface area contributed by atoms with Crippen molar-refractivity contribution in [2.75, 3.05) is 0 Å². The van der Waals surface area contributed by atoms with Gasteiger partial charge in [0.05, 0.1) is 3.91 Å². The summed E-state index contributed by atoms with van der Waals surface area (Å²) in [5.74, 6) is 0. The molecule has 0 aromatic carbocycles. The maximum atomic E-state index is 13.8. The second-order valence-corrected chi connectivity index (χ2v) is 14.8. The standard InChI is InChI=1S/C5F11NO10S5/c6-2(7,8)28(18,19)1(29(20,21)3(9,10)11)30(22,23)5(15,16)32(26,27)17-31(24,25)4(12,13)14/q-2. The van der Waals surface area contributed by atoms with Crippen molar-refractivity contribution in [3.05, 3.63) is 8.04 Å². The van der Waals surface area contributed by atoms with Crippen molar-refractivity contribution in [3.8, 4) is 0 Å². The van der Waals surface area contributed by atoms with E-state index in [4.69, 9.17) is 0 Å². The van der Waals surface area contributed by atoms with Crippen LogP contribution in [0.1, 0.15) is 0 Å². The summed E-state index contributed by atoms with van der Waals surface area (Å²) in [6.45, 7) is 0. The van der Waals surface area contributed by atoms with Crippen LogP contribution in [0.4, 0.5) is 48.3 Å². The predicted octanol–water partition coefficient (Wildman–Crippen LogP) is 0.821. The van der Waals surface area contributed by atoms with Gasteiger partial charge in [-0.1, -0.05) is 0 Å². The van der Waals surface area contributed by atoms with Gasteiger partial charge in [0.2, 0.25) is 0 Å². The lowest BCUT2D eigenvalue weighted by Gasteiger charge is -2.36. The van der Waals surface area contributed by atoms with E-state index < -0.39 is 74.6 Å². The first-order chi connectivity index (χ1) is 13.3. The lowest BCUT2D eigenvalue weighted by molar-refractivity contribution is -0.0452. The fraction of sp³-hybridized carbons (Fsp3) is 0.800. The Labute approximate surface area is 169 Å². The van der Waals surface area contributed by atoms with Crippen LogP contribution < -0.4 is 0 Å². The van der Waals surface area contributed by atoms with Gasteiger partial charge >= 0.3 is 21.1 Å². The summed E-state index contributed by atoms with van der Waals surface area (Å²) in [5.41, 5.74) is -21.9.